The molecule has 0 spiro atoms. The van der Waals surface area contributed by atoms with Crippen LogP contribution in [0.3, 0.4) is 0 Å². The molecule has 0 radical (unpaired) electrons. The predicted octanol–water partition coefficient (Wildman–Crippen LogP) is 4.97. The second-order valence-corrected chi connectivity index (χ2v) is 8.77. The number of benzene rings is 2. The number of nitrogens with zero attached hydrogens (tertiary/aromatic N) is 1. The molecule has 1 aliphatic carbocycles. The van der Waals surface area contributed by atoms with Gasteiger partial charge in [0.15, 0.2) is 11.6 Å². The molecule has 4 rings (SSSR count). The quantitative estimate of drug-likeness (QED) is 0.724. The van der Waals surface area contributed by atoms with Crippen LogP contribution in [0.15, 0.2) is 30.3 Å². The minimum atomic E-state index is -0.890. The number of rotatable bonds is 6. The third-order valence-electron chi connectivity index (χ3n) is 6.20. The molecule has 0 amide bonds. The average molecular weight is 415 g/mol. The van der Waals surface area contributed by atoms with Gasteiger partial charge in [0.05, 0.1) is 17.7 Å². The number of carboxylic acids is 1. The first-order chi connectivity index (χ1) is 14.3. The number of halogens is 2. The minimum Gasteiger partial charge on any atom is -0.490 e. The second-order valence-electron chi connectivity index (χ2n) is 8.77. The fraction of sp³-hybridized carbons (Fsp3) is 0.458. The summed E-state index contributed by atoms with van der Waals surface area (Å²) in [6.45, 7) is 4.88. The van der Waals surface area contributed by atoms with Crippen LogP contribution in [-0.4, -0.2) is 23.7 Å². The van der Waals surface area contributed by atoms with Crippen molar-refractivity contribution in [1.29, 1.82) is 0 Å². The zero-order valence-electron chi connectivity index (χ0n) is 17.3. The van der Waals surface area contributed by atoms with E-state index in [2.05, 4.69) is 6.92 Å². The highest BCUT2D eigenvalue weighted by Gasteiger charge is 2.28. The zero-order valence-corrected chi connectivity index (χ0v) is 17.3. The van der Waals surface area contributed by atoms with E-state index in [1.807, 2.05) is 23.1 Å². The lowest BCUT2D eigenvalue weighted by Crippen LogP contribution is -2.33. The van der Waals surface area contributed by atoms with Gasteiger partial charge in [0.1, 0.15) is 5.75 Å². The average Bonchev–Trinajstić information content (AvgIpc) is 2.69. The van der Waals surface area contributed by atoms with Gasteiger partial charge in [0, 0.05) is 25.2 Å². The van der Waals surface area contributed by atoms with Crippen LogP contribution in [-0.2, 0) is 24.2 Å². The highest BCUT2D eigenvalue weighted by atomic mass is 19.2. The van der Waals surface area contributed by atoms with Crippen LogP contribution < -0.4 is 9.64 Å². The lowest BCUT2D eigenvalue weighted by atomic mass is 9.84. The molecule has 1 N–H and O–H groups in total. The molecule has 1 atom stereocenters. The molecule has 2 aromatic rings. The van der Waals surface area contributed by atoms with Crippen LogP contribution in [0.2, 0.25) is 0 Å². The summed E-state index contributed by atoms with van der Waals surface area (Å²) in [6.07, 6.45) is 3.12. The van der Waals surface area contributed by atoms with Gasteiger partial charge in [-0.15, -0.1) is 0 Å². The topological polar surface area (TPSA) is 49.8 Å². The molecule has 1 saturated carbocycles. The van der Waals surface area contributed by atoms with Crippen LogP contribution in [0.1, 0.15) is 43.4 Å². The maximum Gasteiger partial charge on any atom is 0.306 e. The van der Waals surface area contributed by atoms with Crippen molar-refractivity contribution in [3.8, 4) is 5.75 Å². The zero-order chi connectivity index (χ0) is 21.4. The molecular weight excluding hydrogens is 388 g/mol. The predicted molar refractivity (Wildman–Crippen MR) is 111 cm³/mol. The van der Waals surface area contributed by atoms with Crippen LogP contribution in [0.4, 0.5) is 14.5 Å². The van der Waals surface area contributed by atoms with Gasteiger partial charge < -0.3 is 14.7 Å². The van der Waals surface area contributed by atoms with Gasteiger partial charge in [-0.1, -0.05) is 32.0 Å². The van der Waals surface area contributed by atoms with Gasteiger partial charge >= 0.3 is 5.97 Å². The molecule has 160 valence electrons. The molecule has 6 heteroatoms. The summed E-state index contributed by atoms with van der Waals surface area (Å²) >= 11 is 0. The summed E-state index contributed by atoms with van der Waals surface area (Å²) in [5, 5.41) is 9.12. The maximum atomic E-state index is 14.6. The molecule has 4 nitrogen and oxygen atoms in total. The molecule has 1 fully saturated rings. The summed E-state index contributed by atoms with van der Waals surface area (Å²) < 4.78 is 34.7. The van der Waals surface area contributed by atoms with Gasteiger partial charge in [-0.2, -0.15) is 0 Å². The van der Waals surface area contributed by atoms with Crippen LogP contribution in [0.5, 0.6) is 5.75 Å². The number of carboxylic acid groups (broad SMARTS) is 1. The van der Waals surface area contributed by atoms with Gasteiger partial charge in [-0.25, -0.2) is 8.78 Å². The van der Waals surface area contributed by atoms with E-state index < -0.39 is 23.5 Å². The van der Waals surface area contributed by atoms with E-state index in [4.69, 9.17) is 9.84 Å². The van der Waals surface area contributed by atoms with E-state index >= 15 is 0 Å². The first kappa shape index (κ1) is 20.6. The monoisotopic (exact) mass is 415 g/mol. The van der Waals surface area contributed by atoms with Gasteiger partial charge in [0.25, 0.3) is 0 Å². The molecule has 0 unspecified atom stereocenters. The summed E-state index contributed by atoms with van der Waals surface area (Å²) in [7, 11) is 0. The fourth-order valence-corrected chi connectivity index (χ4v) is 4.35. The molecule has 2 aliphatic rings. The van der Waals surface area contributed by atoms with Crippen molar-refractivity contribution in [3.63, 3.8) is 0 Å². The number of anilines is 1. The fourth-order valence-electron chi connectivity index (χ4n) is 4.35. The molecule has 30 heavy (non-hydrogen) atoms. The Morgan fingerprint density at radius 3 is 2.70 bits per heavy atom. The summed E-state index contributed by atoms with van der Waals surface area (Å²) in [5.41, 5.74) is 3.40. The van der Waals surface area contributed by atoms with Gasteiger partial charge in [-0.05, 0) is 48.3 Å². The smallest absolute Gasteiger partial charge is 0.306 e. The summed E-state index contributed by atoms with van der Waals surface area (Å²) in [6, 6.07) is 8.68. The number of ether oxygens (including phenoxy) is 1. The van der Waals surface area contributed by atoms with Crippen molar-refractivity contribution >= 4 is 11.7 Å². The Bertz CT molecular complexity index is 956. The number of hydrogen-bond donors (Lipinski definition) is 1. The number of fused-ring (bicyclic) bond motifs is 1. The molecule has 0 aromatic heterocycles. The summed E-state index contributed by atoms with van der Waals surface area (Å²) in [4.78, 5) is 12.9. The Kier molecular flexibility index (Phi) is 5.67. The van der Waals surface area contributed by atoms with Crippen LogP contribution in [0, 0.1) is 23.5 Å². The molecule has 1 aliphatic heterocycles. The Hall–Kier alpha value is -2.63. The first-order valence-corrected chi connectivity index (χ1v) is 10.5. The van der Waals surface area contributed by atoms with E-state index in [0.717, 1.165) is 35.6 Å². The number of hydrogen-bond acceptors (Lipinski definition) is 3. The summed E-state index contributed by atoms with van der Waals surface area (Å²) in [5.74, 6) is -2.00. The number of carbonyl (C=O) groups is 1. The van der Waals surface area contributed by atoms with E-state index in [1.54, 1.807) is 13.0 Å². The second kappa shape index (κ2) is 8.25. The van der Waals surface area contributed by atoms with Crippen molar-refractivity contribution in [3.05, 3.63) is 58.7 Å². The maximum absolute atomic E-state index is 14.6. The van der Waals surface area contributed by atoms with Crippen LogP contribution >= 0.6 is 0 Å². The largest absolute Gasteiger partial charge is 0.490 e. The molecule has 0 saturated heterocycles. The van der Waals surface area contributed by atoms with Crippen molar-refractivity contribution in [2.45, 2.75) is 52.2 Å². The van der Waals surface area contributed by atoms with Crippen molar-refractivity contribution < 1.29 is 23.4 Å². The number of aliphatic carboxylic acids is 1. The van der Waals surface area contributed by atoms with E-state index in [-0.39, 0.29) is 11.8 Å². The first-order valence-electron chi connectivity index (χ1n) is 10.5. The van der Waals surface area contributed by atoms with Crippen molar-refractivity contribution in [2.75, 3.05) is 11.4 Å². The minimum absolute atomic E-state index is 0.0754. The van der Waals surface area contributed by atoms with Gasteiger partial charge in [0.2, 0.25) is 0 Å². The standard InChI is InChI=1S/C24H27F2NO3/c1-14-7-19(8-14)30-20-11-21(25)23(26)22(12-20)27-6-5-17-10-16(3-4-18(17)13-27)9-15(2)24(28)29/h3-4,10-12,14-15,19H,5-9,13H2,1-2H3,(H,28,29)/t14?,15-,19?/m0/s1. The Morgan fingerprint density at radius 1 is 1.23 bits per heavy atom. The highest BCUT2D eigenvalue weighted by Crippen LogP contribution is 2.35. The van der Waals surface area contributed by atoms with Crippen molar-refractivity contribution in [1.82, 2.24) is 0 Å². The van der Waals surface area contributed by atoms with Crippen LogP contribution in [0.25, 0.3) is 0 Å². The van der Waals surface area contributed by atoms with Crippen molar-refractivity contribution in [2.24, 2.45) is 11.8 Å². The Balaban J connectivity index is 1.51. The molecule has 2 aromatic carbocycles. The lowest BCUT2D eigenvalue weighted by molar-refractivity contribution is -0.141. The normalized spacial score (nSPS) is 21.5. The third kappa shape index (κ3) is 4.27. The SMILES string of the molecule is CC1CC(Oc2cc(F)c(F)c(N3CCc4cc(C[C@H](C)C(=O)O)ccc4C3)c2)C1. The Labute approximate surface area is 175 Å². The lowest BCUT2D eigenvalue weighted by Gasteiger charge is -2.34. The molecular formula is C24H27F2NO3. The molecule has 1 heterocycles. The van der Waals surface area contributed by atoms with Gasteiger partial charge in [-0.3, -0.25) is 4.79 Å². The molecule has 0 bridgehead atoms. The van der Waals surface area contributed by atoms with E-state index in [0.29, 0.717) is 37.6 Å². The van der Waals surface area contributed by atoms with E-state index in [1.165, 1.54) is 0 Å². The Morgan fingerprint density at radius 2 is 2.00 bits per heavy atom. The highest BCUT2D eigenvalue weighted by molar-refractivity contribution is 5.70. The van der Waals surface area contributed by atoms with E-state index in [9.17, 15) is 13.6 Å². The third-order valence-corrected chi connectivity index (χ3v) is 6.20.